The van der Waals surface area contributed by atoms with E-state index < -0.39 is 17.7 Å². The first-order valence-electron chi connectivity index (χ1n) is 4.66. The fourth-order valence-corrected chi connectivity index (χ4v) is 2.07. The van der Waals surface area contributed by atoms with Gasteiger partial charge in [-0.3, -0.25) is 0 Å². The Kier molecular flexibility index (Phi) is 2.98. The van der Waals surface area contributed by atoms with Gasteiger partial charge in [0, 0.05) is 11.6 Å². The van der Waals surface area contributed by atoms with Crippen molar-refractivity contribution in [3.63, 3.8) is 0 Å². The predicted molar refractivity (Wildman–Crippen MR) is 58.1 cm³/mol. The van der Waals surface area contributed by atoms with Crippen molar-refractivity contribution in [1.29, 1.82) is 0 Å². The molecule has 0 saturated heterocycles. The maximum absolute atomic E-state index is 13.7. The fourth-order valence-electron chi connectivity index (χ4n) is 1.39. The maximum Gasteiger partial charge on any atom is 0.136 e. The smallest absolute Gasteiger partial charge is 0.136 e. The number of hydrogen-bond acceptors (Lipinski definition) is 3. The Hall–Kier alpha value is -1.33. The maximum atomic E-state index is 13.7. The third-order valence-corrected chi connectivity index (χ3v) is 2.98. The second-order valence-electron chi connectivity index (χ2n) is 3.37. The molecular weight excluding hydrogens is 232 g/mol. The van der Waals surface area contributed by atoms with Gasteiger partial charge in [0.25, 0.3) is 0 Å². The number of halogens is 2. The first-order valence-corrected chi connectivity index (χ1v) is 5.54. The number of thiazole rings is 1. The van der Waals surface area contributed by atoms with Crippen LogP contribution in [-0.4, -0.2) is 10.1 Å². The minimum absolute atomic E-state index is 0.139. The van der Waals surface area contributed by atoms with Crippen LogP contribution < -0.4 is 0 Å². The van der Waals surface area contributed by atoms with Crippen LogP contribution in [0.1, 0.15) is 18.6 Å². The molecule has 1 N–H and O–H groups in total. The third-order valence-electron chi connectivity index (χ3n) is 2.19. The summed E-state index contributed by atoms with van der Waals surface area (Å²) in [6.07, 6.45) is 0.593. The number of aromatic nitrogens is 1. The largest absolute Gasteiger partial charge is 0.389 e. The van der Waals surface area contributed by atoms with Gasteiger partial charge in [0.15, 0.2) is 0 Å². The Labute approximate surface area is 95.2 Å². The van der Waals surface area contributed by atoms with Gasteiger partial charge in [-0.2, -0.15) is 0 Å². The number of rotatable bonds is 2. The van der Waals surface area contributed by atoms with E-state index in [9.17, 15) is 13.9 Å². The van der Waals surface area contributed by atoms with E-state index in [0.29, 0.717) is 5.01 Å². The van der Waals surface area contributed by atoms with Crippen molar-refractivity contribution in [3.05, 3.63) is 40.9 Å². The average molecular weight is 241 g/mol. The minimum atomic E-state index is -0.894. The monoisotopic (exact) mass is 241 g/mol. The van der Waals surface area contributed by atoms with Crippen molar-refractivity contribution in [1.82, 2.24) is 4.98 Å². The van der Waals surface area contributed by atoms with Gasteiger partial charge in [-0.1, -0.05) is 0 Å². The van der Waals surface area contributed by atoms with E-state index >= 15 is 0 Å². The molecule has 1 aromatic carbocycles. The molecule has 2 rings (SSSR count). The zero-order valence-electron chi connectivity index (χ0n) is 8.45. The van der Waals surface area contributed by atoms with Gasteiger partial charge in [-0.15, -0.1) is 11.3 Å². The van der Waals surface area contributed by atoms with Gasteiger partial charge >= 0.3 is 0 Å². The Morgan fingerprint density at radius 1 is 1.31 bits per heavy atom. The molecule has 0 fully saturated rings. The van der Waals surface area contributed by atoms with Crippen LogP contribution in [0.4, 0.5) is 8.78 Å². The van der Waals surface area contributed by atoms with E-state index in [1.54, 1.807) is 5.38 Å². The molecule has 0 saturated carbocycles. The molecule has 0 unspecified atom stereocenters. The van der Waals surface area contributed by atoms with E-state index in [0.717, 1.165) is 23.5 Å². The van der Waals surface area contributed by atoms with Crippen LogP contribution in [0.25, 0.3) is 10.6 Å². The summed E-state index contributed by atoms with van der Waals surface area (Å²) in [7, 11) is 0. The van der Waals surface area contributed by atoms with E-state index in [2.05, 4.69) is 4.98 Å². The molecule has 2 aromatic rings. The molecule has 0 aliphatic carbocycles. The highest BCUT2D eigenvalue weighted by atomic mass is 32.1. The van der Waals surface area contributed by atoms with Crippen molar-refractivity contribution in [2.75, 3.05) is 0 Å². The number of nitrogens with zero attached hydrogens (tertiary/aromatic N) is 1. The van der Waals surface area contributed by atoms with Gasteiger partial charge in [-0.25, -0.2) is 13.8 Å². The summed E-state index contributed by atoms with van der Waals surface area (Å²) in [5.74, 6) is -1.41. The molecule has 1 atom stereocenters. The summed E-state index contributed by atoms with van der Waals surface area (Å²) in [6, 6.07) is 2.26. The molecule has 0 aliphatic rings. The zero-order valence-corrected chi connectivity index (χ0v) is 9.26. The van der Waals surface area contributed by atoms with Gasteiger partial charge in [-0.05, 0) is 24.6 Å². The lowest BCUT2D eigenvalue weighted by atomic mass is 10.1. The molecular formula is C11H9F2NOS. The first kappa shape index (κ1) is 11.2. The molecule has 0 amide bonds. The van der Waals surface area contributed by atoms with Crippen LogP contribution in [0, 0.1) is 11.6 Å². The Morgan fingerprint density at radius 2 is 1.94 bits per heavy atom. The van der Waals surface area contributed by atoms with Crippen molar-refractivity contribution in [3.8, 4) is 10.6 Å². The summed E-state index contributed by atoms with van der Waals surface area (Å²) >= 11 is 1.16. The molecule has 16 heavy (non-hydrogen) atoms. The van der Waals surface area contributed by atoms with Crippen LogP contribution in [-0.2, 0) is 0 Å². The van der Waals surface area contributed by atoms with Gasteiger partial charge < -0.3 is 5.11 Å². The quantitative estimate of drug-likeness (QED) is 0.876. The number of aliphatic hydroxyl groups is 1. The molecule has 0 aliphatic heterocycles. The summed E-state index contributed by atoms with van der Waals surface area (Å²) in [4.78, 5) is 3.86. The molecule has 0 bridgehead atoms. The highest BCUT2D eigenvalue weighted by Crippen LogP contribution is 2.30. The van der Waals surface area contributed by atoms with Crippen molar-refractivity contribution in [2.24, 2.45) is 0 Å². The van der Waals surface area contributed by atoms with Crippen LogP contribution in [0.15, 0.2) is 23.7 Å². The van der Waals surface area contributed by atoms with Crippen LogP contribution >= 0.6 is 11.3 Å². The summed E-state index contributed by atoms with van der Waals surface area (Å²) in [5.41, 5.74) is 0.0784. The SMILES string of the molecule is C[C@@H](O)c1cc(F)c(-c2nccs2)c(F)c1. The second-order valence-corrected chi connectivity index (χ2v) is 4.27. The van der Waals surface area contributed by atoms with E-state index in [4.69, 9.17) is 0 Å². The highest BCUT2D eigenvalue weighted by Gasteiger charge is 2.16. The lowest BCUT2D eigenvalue weighted by molar-refractivity contribution is 0.198. The van der Waals surface area contributed by atoms with E-state index in [-0.39, 0.29) is 11.1 Å². The van der Waals surface area contributed by atoms with Crippen molar-refractivity contribution < 1.29 is 13.9 Å². The predicted octanol–water partition coefficient (Wildman–Crippen LogP) is 3.14. The first-order chi connectivity index (χ1) is 7.59. The van der Waals surface area contributed by atoms with Gasteiger partial charge in [0.2, 0.25) is 0 Å². The molecule has 0 radical (unpaired) electrons. The van der Waals surface area contributed by atoms with E-state index in [1.807, 2.05) is 0 Å². The minimum Gasteiger partial charge on any atom is -0.389 e. The topological polar surface area (TPSA) is 33.1 Å². The third kappa shape index (κ3) is 1.96. The van der Waals surface area contributed by atoms with Gasteiger partial charge in [0.05, 0.1) is 11.7 Å². The number of aliphatic hydroxyl groups excluding tert-OH is 1. The standard InChI is InChI=1S/C11H9F2NOS/c1-6(15)7-4-8(12)10(9(13)5-7)11-14-2-3-16-11/h2-6,15H,1H3/t6-/m1/s1. The molecule has 2 nitrogen and oxygen atoms in total. The Morgan fingerprint density at radius 3 is 2.38 bits per heavy atom. The van der Waals surface area contributed by atoms with Crippen LogP contribution in [0.3, 0.4) is 0 Å². The molecule has 0 spiro atoms. The lowest BCUT2D eigenvalue weighted by Gasteiger charge is -2.08. The highest BCUT2D eigenvalue weighted by molar-refractivity contribution is 7.13. The summed E-state index contributed by atoms with van der Waals surface area (Å²) in [5, 5.41) is 11.2. The van der Waals surface area contributed by atoms with Crippen molar-refractivity contribution in [2.45, 2.75) is 13.0 Å². The zero-order chi connectivity index (χ0) is 11.7. The molecule has 1 aromatic heterocycles. The van der Waals surface area contributed by atoms with Gasteiger partial charge in [0.1, 0.15) is 16.6 Å². The Bertz CT molecular complexity index is 474. The molecule has 1 heterocycles. The normalized spacial score (nSPS) is 12.8. The second kappa shape index (κ2) is 4.27. The summed E-state index contributed by atoms with van der Waals surface area (Å²) in [6.45, 7) is 1.46. The number of benzene rings is 1. The Balaban J connectivity index is 2.56. The molecule has 84 valence electrons. The van der Waals surface area contributed by atoms with E-state index in [1.165, 1.54) is 13.1 Å². The fraction of sp³-hybridized carbons (Fsp3) is 0.182. The number of hydrogen-bond donors (Lipinski definition) is 1. The van der Waals surface area contributed by atoms with Crippen LogP contribution in [0.5, 0.6) is 0 Å². The lowest BCUT2D eigenvalue weighted by Crippen LogP contribution is -1.97. The summed E-state index contributed by atoms with van der Waals surface area (Å²) < 4.78 is 27.3. The van der Waals surface area contributed by atoms with Crippen LogP contribution in [0.2, 0.25) is 0 Å². The average Bonchev–Trinajstić information content (AvgIpc) is 2.69. The van der Waals surface area contributed by atoms with Crippen molar-refractivity contribution >= 4 is 11.3 Å². The molecule has 5 heteroatoms.